The van der Waals surface area contributed by atoms with E-state index >= 15 is 0 Å². The van der Waals surface area contributed by atoms with E-state index in [4.69, 9.17) is 11.6 Å². The van der Waals surface area contributed by atoms with Crippen molar-refractivity contribution in [1.29, 1.82) is 0 Å². The van der Waals surface area contributed by atoms with Crippen molar-refractivity contribution < 1.29 is 0 Å². The van der Waals surface area contributed by atoms with Gasteiger partial charge in [-0.05, 0) is 26.8 Å². The molecule has 0 radical (unpaired) electrons. The van der Waals surface area contributed by atoms with E-state index in [2.05, 4.69) is 27.3 Å². The molecular weight excluding hydrogens is 286 g/mol. The molecule has 6 heteroatoms. The largest absolute Gasteiger partial charge is 0.308 e. The van der Waals surface area contributed by atoms with Crippen LogP contribution in [0.15, 0.2) is 12.4 Å². The van der Waals surface area contributed by atoms with Crippen molar-refractivity contribution in [3.63, 3.8) is 0 Å². The van der Waals surface area contributed by atoms with Crippen LogP contribution in [0.1, 0.15) is 42.2 Å². The van der Waals surface area contributed by atoms with Crippen molar-refractivity contribution >= 4 is 11.6 Å². The Bertz CT molecular complexity index is 591. The third-order valence-corrected chi connectivity index (χ3v) is 3.95. The Morgan fingerprint density at radius 1 is 1.29 bits per heavy atom. The number of aromatic nitrogens is 4. The summed E-state index contributed by atoms with van der Waals surface area (Å²) >= 11 is 6.36. The molecule has 2 heterocycles. The predicted octanol–water partition coefficient (Wildman–Crippen LogP) is 2.76. The van der Waals surface area contributed by atoms with Gasteiger partial charge in [0.15, 0.2) is 0 Å². The first-order valence-corrected chi connectivity index (χ1v) is 7.60. The maximum absolute atomic E-state index is 6.36. The monoisotopic (exact) mass is 307 g/mol. The van der Waals surface area contributed by atoms with Crippen molar-refractivity contribution in [2.75, 3.05) is 6.54 Å². The molecule has 0 bridgehead atoms. The standard InChI is InChI=1S/C15H22ClN5/c1-5-6-17-12(13-9-18-10(2)8-19-13)7-14-15(16)11(3)20-21(14)4/h8-9,12,17H,5-7H2,1-4H3. The molecule has 114 valence electrons. The smallest absolute Gasteiger partial charge is 0.0847 e. The molecule has 0 fully saturated rings. The Morgan fingerprint density at radius 3 is 2.57 bits per heavy atom. The first-order chi connectivity index (χ1) is 10.0. The summed E-state index contributed by atoms with van der Waals surface area (Å²) in [6.07, 6.45) is 5.44. The fraction of sp³-hybridized carbons (Fsp3) is 0.533. The van der Waals surface area contributed by atoms with Crippen molar-refractivity contribution in [2.45, 2.75) is 39.7 Å². The number of nitrogens with one attached hydrogen (secondary N) is 1. The second-order valence-corrected chi connectivity index (χ2v) is 5.64. The second-order valence-electron chi connectivity index (χ2n) is 5.26. The molecule has 0 saturated heterocycles. The average molecular weight is 308 g/mol. The minimum atomic E-state index is 0.0883. The normalized spacial score (nSPS) is 12.6. The highest BCUT2D eigenvalue weighted by molar-refractivity contribution is 6.31. The van der Waals surface area contributed by atoms with Crippen molar-refractivity contribution in [3.05, 3.63) is 40.2 Å². The highest BCUT2D eigenvalue weighted by atomic mass is 35.5. The van der Waals surface area contributed by atoms with Crippen LogP contribution < -0.4 is 5.32 Å². The van der Waals surface area contributed by atoms with Crippen LogP contribution in [0.5, 0.6) is 0 Å². The Balaban J connectivity index is 2.25. The quantitative estimate of drug-likeness (QED) is 0.891. The van der Waals surface area contributed by atoms with Crippen molar-refractivity contribution in [2.24, 2.45) is 7.05 Å². The van der Waals surface area contributed by atoms with Gasteiger partial charge in [0.1, 0.15) is 0 Å². The first-order valence-electron chi connectivity index (χ1n) is 7.22. The van der Waals surface area contributed by atoms with Gasteiger partial charge in [-0.1, -0.05) is 18.5 Å². The van der Waals surface area contributed by atoms with Gasteiger partial charge in [-0.15, -0.1) is 0 Å². The van der Waals surface area contributed by atoms with Gasteiger partial charge >= 0.3 is 0 Å². The molecule has 0 saturated carbocycles. The maximum atomic E-state index is 6.36. The third kappa shape index (κ3) is 3.80. The van der Waals surface area contributed by atoms with Crippen LogP contribution in [-0.4, -0.2) is 26.3 Å². The molecule has 2 aromatic rings. The molecule has 5 nitrogen and oxygen atoms in total. The summed E-state index contributed by atoms with van der Waals surface area (Å²) in [7, 11) is 1.92. The topological polar surface area (TPSA) is 55.6 Å². The van der Waals surface area contributed by atoms with Gasteiger partial charge in [-0.2, -0.15) is 5.10 Å². The van der Waals surface area contributed by atoms with Gasteiger partial charge in [0.2, 0.25) is 0 Å². The second kappa shape index (κ2) is 7.00. The SMILES string of the molecule is CCCNC(Cc1c(Cl)c(C)nn1C)c1cnc(C)cn1. The highest BCUT2D eigenvalue weighted by Gasteiger charge is 2.19. The van der Waals surface area contributed by atoms with Gasteiger partial charge in [-0.25, -0.2) is 0 Å². The van der Waals surface area contributed by atoms with E-state index in [0.29, 0.717) is 0 Å². The van der Waals surface area contributed by atoms with Crippen LogP contribution >= 0.6 is 11.6 Å². The lowest BCUT2D eigenvalue weighted by atomic mass is 10.1. The predicted molar refractivity (Wildman–Crippen MR) is 84.5 cm³/mol. The van der Waals surface area contributed by atoms with Crippen LogP contribution in [0.2, 0.25) is 5.02 Å². The number of rotatable bonds is 6. The Morgan fingerprint density at radius 2 is 2.05 bits per heavy atom. The number of halogens is 1. The maximum Gasteiger partial charge on any atom is 0.0847 e. The van der Waals surface area contributed by atoms with E-state index in [0.717, 1.165) is 47.2 Å². The first kappa shape index (κ1) is 15.9. The molecular formula is C15H22ClN5. The van der Waals surface area contributed by atoms with E-state index in [1.165, 1.54) is 0 Å². The Hall–Kier alpha value is -1.46. The van der Waals surface area contributed by atoms with Crippen LogP contribution in [0.3, 0.4) is 0 Å². The number of aryl methyl sites for hydroxylation is 3. The van der Waals surface area contributed by atoms with E-state index in [1.807, 2.05) is 31.8 Å². The summed E-state index contributed by atoms with van der Waals surface area (Å²) in [5.74, 6) is 0. The molecule has 2 rings (SSSR count). The van der Waals surface area contributed by atoms with E-state index in [-0.39, 0.29) is 6.04 Å². The number of hydrogen-bond donors (Lipinski definition) is 1. The van der Waals surface area contributed by atoms with E-state index < -0.39 is 0 Å². The number of hydrogen-bond acceptors (Lipinski definition) is 4. The summed E-state index contributed by atoms with van der Waals surface area (Å²) in [6, 6.07) is 0.0883. The zero-order valence-electron chi connectivity index (χ0n) is 13.0. The molecule has 2 aromatic heterocycles. The van der Waals surface area contributed by atoms with Gasteiger partial charge < -0.3 is 5.32 Å². The van der Waals surface area contributed by atoms with Crippen LogP contribution in [-0.2, 0) is 13.5 Å². The zero-order chi connectivity index (χ0) is 15.4. The minimum absolute atomic E-state index is 0.0883. The summed E-state index contributed by atoms with van der Waals surface area (Å²) in [6.45, 7) is 6.93. The molecule has 1 atom stereocenters. The summed E-state index contributed by atoms with van der Waals surface area (Å²) < 4.78 is 1.85. The van der Waals surface area contributed by atoms with Crippen LogP contribution in [0, 0.1) is 13.8 Å². The molecule has 0 aliphatic heterocycles. The average Bonchev–Trinajstić information content (AvgIpc) is 2.70. The highest BCUT2D eigenvalue weighted by Crippen LogP contribution is 2.24. The molecule has 0 spiro atoms. The minimum Gasteiger partial charge on any atom is -0.308 e. The zero-order valence-corrected chi connectivity index (χ0v) is 13.8. The molecule has 0 aliphatic rings. The summed E-state index contributed by atoms with van der Waals surface area (Å²) in [4.78, 5) is 8.84. The fourth-order valence-electron chi connectivity index (χ4n) is 2.28. The Labute approximate surface area is 130 Å². The molecule has 0 aliphatic carbocycles. The fourth-order valence-corrected chi connectivity index (χ4v) is 2.51. The molecule has 0 amide bonds. The lowest BCUT2D eigenvalue weighted by Crippen LogP contribution is -2.26. The molecule has 1 N–H and O–H groups in total. The van der Waals surface area contributed by atoms with E-state index in [1.54, 1.807) is 6.20 Å². The van der Waals surface area contributed by atoms with E-state index in [9.17, 15) is 0 Å². The van der Waals surface area contributed by atoms with Gasteiger partial charge in [0.05, 0.1) is 40.0 Å². The van der Waals surface area contributed by atoms with Gasteiger partial charge in [0, 0.05) is 19.7 Å². The van der Waals surface area contributed by atoms with Crippen LogP contribution in [0.25, 0.3) is 0 Å². The lowest BCUT2D eigenvalue weighted by molar-refractivity contribution is 0.500. The lowest BCUT2D eigenvalue weighted by Gasteiger charge is -2.18. The molecule has 0 aromatic carbocycles. The van der Waals surface area contributed by atoms with Gasteiger partial charge in [0.25, 0.3) is 0 Å². The summed E-state index contributed by atoms with van der Waals surface area (Å²) in [5.41, 5.74) is 3.73. The van der Waals surface area contributed by atoms with Gasteiger partial charge in [-0.3, -0.25) is 14.6 Å². The third-order valence-electron chi connectivity index (χ3n) is 3.46. The number of nitrogens with zero attached hydrogens (tertiary/aromatic N) is 4. The summed E-state index contributed by atoms with van der Waals surface area (Å²) in [5, 5.41) is 8.62. The van der Waals surface area contributed by atoms with Crippen molar-refractivity contribution in [3.8, 4) is 0 Å². The molecule has 21 heavy (non-hydrogen) atoms. The Kier molecular flexibility index (Phi) is 5.31. The van der Waals surface area contributed by atoms with Crippen LogP contribution in [0.4, 0.5) is 0 Å². The molecule has 1 unspecified atom stereocenters. The van der Waals surface area contributed by atoms with Crippen molar-refractivity contribution in [1.82, 2.24) is 25.1 Å².